The van der Waals surface area contributed by atoms with Crippen molar-refractivity contribution in [2.75, 3.05) is 7.11 Å². The molecule has 0 atom stereocenters. The van der Waals surface area contributed by atoms with E-state index in [1.807, 2.05) is 11.4 Å². The molecule has 3 nitrogen and oxygen atoms in total. The number of halogens is 1. The molecule has 0 bridgehead atoms. The monoisotopic (exact) mass is 253 g/mol. The number of nitrogens with zero attached hydrogens (tertiary/aromatic N) is 1. The molecule has 1 aromatic heterocycles. The quantitative estimate of drug-likeness (QED) is 0.788. The SMILES string of the molecule is COc1ccc(-c2csc(C=O)n2)cc1Cl. The van der Waals surface area contributed by atoms with Crippen LogP contribution in [0.5, 0.6) is 5.75 Å². The number of rotatable bonds is 3. The largest absolute Gasteiger partial charge is 0.495 e. The molecule has 82 valence electrons. The number of carbonyl (C=O) groups is 1. The van der Waals surface area contributed by atoms with Crippen LogP contribution >= 0.6 is 22.9 Å². The molecule has 0 N–H and O–H groups in total. The normalized spacial score (nSPS) is 10.1. The van der Waals surface area contributed by atoms with E-state index in [-0.39, 0.29) is 0 Å². The maximum Gasteiger partial charge on any atom is 0.178 e. The van der Waals surface area contributed by atoms with Crippen molar-refractivity contribution < 1.29 is 9.53 Å². The van der Waals surface area contributed by atoms with Crippen LogP contribution in [-0.2, 0) is 0 Å². The molecular formula is C11H8ClNO2S. The number of aromatic nitrogens is 1. The van der Waals surface area contributed by atoms with Crippen molar-refractivity contribution in [1.82, 2.24) is 4.98 Å². The van der Waals surface area contributed by atoms with Gasteiger partial charge in [-0.3, -0.25) is 4.79 Å². The molecule has 5 heteroatoms. The first-order valence-electron chi connectivity index (χ1n) is 4.49. The molecule has 16 heavy (non-hydrogen) atoms. The highest BCUT2D eigenvalue weighted by Gasteiger charge is 2.07. The van der Waals surface area contributed by atoms with Crippen molar-refractivity contribution in [3.8, 4) is 17.0 Å². The van der Waals surface area contributed by atoms with Crippen LogP contribution in [0, 0.1) is 0 Å². The molecule has 0 radical (unpaired) electrons. The number of carbonyl (C=O) groups excluding carboxylic acids is 1. The van der Waals surface area contributed by atoms with Gasteiger partial charge >= 0.3 is 0 Å². The summed E-state index contributed by atoms with van der Waals surface area (Å²) in [4.78, 5) is 14.7. The van der Waals surface area contributed by atoms with Gasteiger partial charge in [0.05, 0.1) is 17.8 Å². The van der Waals surface area contributed by atoms with E-state index >= 15 is 0 Å². The fraction of sp³-hybridized carbons (Fsp3) is 0.0909. The molecule has 0 aliphatic heterocycles. The number of hydrogen-bond acceptors (Lipinski definition) is 4. The third-order valence-electron chi connectivity index (χ3n) is 2.07. The van der Waals surface area contributed by atoms with Gasteiger partial charge in [0, 0.05) is 10.9 Å². The second-order valence-corrected chi connectivity index (χ2v) is 4.34. The predicted molar refractivity (Wildman–Crippen MR) is 64.5 cm³/mol. The molecule has 0 amide bonds. The van der Waals surface area contributed by atoms with Gasteiger partial charge in [0.15, 0.2) is 11.3 Å². The van der Waals surface area contributed by atoms with Gasteiger partial charge in [0.25, 0.3) is 0 Å². The summed E-state index contributed by atoms with van der Waals surface area (Å²) in [5, 5.41) is 2.81. The van der Waals surface area contributed by atoms with Crippen LogP contribution in [0.1, 0.15) is 9.80 Å². The molecule has 0 spiro atoms. The fourth-order valence-electron chi connectivity index (χ4n) is 1.30. The van der Waals surface area contributed by atoms with Gasteiger partial charge < -0.3 is 4.74 Å². The second kappa shape index (κ2) is 4.63. The van der Waals surface area contributed by atoms with Crippen LogP contribution in [-0.4, -0.2) is 18.4 Å². The molecule has 1 heterocycles. The Hall–Kier alpha value is -1.39. The summed E-state index contributed by atoms with van der Waals surface area (Å²) in [5.74, 6) is 0.622. The molecule has 0 fully saturated rings. The molecule has 0 saturated carbocycles. The first kappa shape index (κ1) is 11.1. The van der Waals surface area contributed by atoms with Crippen molar-refractivity contribution >= 4 is 29.2 Å². The Morgan fingerprint density at radius 2 is 2.31 bits per heavy atom. The molecular weight excluding hydrogens is 246 g/mol. The van der Waals surface area contributed by atoms with Gasteiger partial charge in [-0.05, 0) is 18.2 Å². The lowest BCUT2D eigenvalue weighted by Crippen LogP contribution is -1.85. The Kier molecular flexibility index (Phi) is 3.22. The standard InChI is InChI=1S/C11H8ClNO2S/c1-15-10-3-2-7(4-8(10)12)9-6-16-11(5-14)13-9/h2-6H,1H3. The second-order valence-electron chi connectivity index (χ2n) is 3.04. The van der Waals surface area contributed by atoms with Gasteiger partial charge in [-0.15, -0.1) is 11.3 Å². The molecule has 0 saturated heterocycles. The topological polar surface area (TPSA) is 39.2 Å². The van der Waals surface area contributed by atoms with E-state index in [9.17, 15) is 4.79 Å². The Balaban J connectivity index is 2.40. The predicted octanol–water partition coefficient (Wildman–Crippen LogP) is 3.28. The van der Waals surface area contributed by atoms with Crippen molar-refractivity contribution in [3.05, 3.63) is 33.6 Å². The number of thiazole rings is 1. The minimum absolute atomic E-state index is 0.460. The third-order valence-corrected chi connectivity index (χ3v) is 3.14. The smallest absolute Gasteiger partial charge is 0.178 e. The van der Waals surface area contributed by atoms with Crippen LogP contribution in [0.4, 0.5) is 0 Å². The summed E-state index contributed by atoms with van der Waals surface area (Å²) >= 11 is 7.31. The maximum atomic E-state index is 10.5. The highest BCUT2D eigenvalue weighted by molar-refractivity contribution is 7.11. The zero-order valence-electron chi connectivity index (χ0n) is 8.44. The number of ether oxygens (including phenoxy) is 1. The number of methoxy groups -OCH3 is 1. The van der Waals surface area contributed by atoms with E-state index in [1.54, 1.807) is 19.2 Å². The van der Waals surface area contributed by atoms with Gasteiger partial charge in [-0.2, -0.15) is 0 Å². The van der Waals surface area contributed by atoms with E-state index in [4.69, 9.17) is 16.3 Å². The van der Waals surface area contributed by atoms with E-state index in [2.05, 4.69) is 4.98 Å². The number of benzene rings is 1. The number of hydrogen-bond donors (Lipinski definition) is 0. The zero-order chi connectivity index (χ0) is 11.5. The molecule has 0 aliphatic carbocycles. The van der Waals surface area contributed by atoms with E-state index in [0.29, 0.717) is 15.8 Å². The molecule has 0 unspecified atom stereocenters. The Labute approximate surface area is 102 Å². The highest BCUT2D eigenvalue weighted by Crippen LogP contribution is 2.30. The van der Waals surface area contributed by atoms with E-state index in [0.717, 1.165) is 17.5 Å². The maximum absolute atomic E-state index is 10.5. The summed E-state index contributed by atoms with van der Waals surface area (Å²) in [6, 6.07) is 5.40. The fourth-order valence-corrected chi connectivity index (χ4v) is 2.19. The summed E-state index contributed by atoms with van der Waals surface area (Å²) in [6.07, 6.45) is 0.735. The summed E-state index contributed by atoms with van der Waals surface area (Å²) < 4.78 is 5.06. The summed E-state index contributed by atoms with van der Waals surface area (Å²) in [5.41, 5.74) is 1.62. The van der Waals surface area contributed by atoms with Crippen molar-refractivity contribution in [3.63, 3.8) is 0 Å². The van der Waals surface area contributed by atoms with Crippen LogP contribution < -0.4 is 4.74 Å². The third kappa shape index (κ3) is 2.08. The van der Waals surface area contributed by atoms with Gasteiger partial charge in [0.1, 0.15) is 5.75 Å². The zero-order valence-corrected chi connectivity index (χ0v) is 10.0. The lowest BCUT2D eigenvalue weighted by atomic mass is 10.2. The minimum Gasteiger partial charge on any atom is -0.495 e. The number of aldehydes is 1. The molecule has 2 aromatic rings. The summed E-state index contributed by atoms with van der Waals surface area (Å²) in [7, 11) is 1.56. The molecule has 0 aliphatic rings. The highest BCUT2D eigenvalue weighted by atomic mass is 35.5. The first-order chi connectivity index (χ1) is 7.74. The van der Waals surface area contributed by atoms with E-state index < -0.39 is 0 Å². The van der Waals surface area contributed by atoms with Crippen molar-refractivity contribution in [2.45, 2.75) is 0 Å². The Bertz CT molecular complexity index is 524. The average molecular weight is 254 g/mol. The lowest BCUT2D eigenvalue weighted by molar-refractivity contribution is 0.112. The van der Waals surface area contributed by atoms with Crippen molar-refractivity contribution in [1.29, 1.82) is 0 Å². The van der Waals surface area contributed by atoms with Crippen LogP contribution in [0.2, 0.25) is 5.02 Å². The first-order valence-corrected chi connectivity index (χ1v) is 5.75. The Morgan fingerprint density at radius 3 is 2.88 bits per heavy atom. The van der Waals surface area contributed by atoms with Gasteiger partial charge in [-0.25, -0.2) is 4.98 Å². The van der Waals surface area contributed by atoms with Crippen LogP contribution in [0.15, 0.2) is 23.6 Å². The average Bonchev–Trinajstić information content (AvgIpc) is 2.77. The minimum atomic E-state index is 0.460. The summed E-state index contributed by atoms with van der Waals surface area (Å²) in [6.45, 7) is 0. The van der Waals surface area contributed by atoms with Gasteiger partial charge in [0.2, 0.25) is 0 Å². The van der Waals surface area contributed by atoms with Crippen molar-refractivity contribution in [2.24, 2.45) is 0 Å². The van der Waals surface area contributed by atoms with Crippen LogP contribution in [0.25, 0.3) is 11.3 Å². The van der Waals surface area contributed by atoms with Gasteiger partial charge in [-0.1, -0.05) is 11.6 Å². The lowest BCUT2D eigenvalue weighted by Gasteiger charge is -2.03. The molecule has 1 aromatic carbocycles. The molecule has 2 rings (SSSR count). The van der Waals surface area contributed by atoms with E-state index in [1.165, 1.54) is 11.3 Å². The van der Waals surface area contributed by atoms with Crippen LogP contribution in [0.3, 0.4) is 0 Å². The Morgan fingerprint density at radius 1 is 1.50 bits per heavy atom.